The third kappa shape index (κ3) is 6.26. The van der Waals surface area contributed by atoms with Crippen LogP contribution in [0.25, 0.3) is 0 Å². The van der Waals surface area contributed by atoms with Crippen molar-refractivity contribution in [3.8, 4) is 0 Å². The molecule has 0 saturated carbocycles. The smallest absolute Gasteiger partial charge is 0.251 e. The van der Waals surface area contributed by atoms with E-state index in [9.17, 15) is 9.59 Å². The van der Waals surface area contributed by atoms with Crippen LogP contribution in [0, 0.1) is 12.8 Å². The largest absolute Gasteiger partial charge is 0.342 e. The van der Waals surface area contributed by atoms with Gasteiger partial charge in [-0.2, -0.15) is 0 Å². The number of nitrogens with one attached hydrogen (secondary N) is 2. The van der Waals surface area contributed by atoms with Gasteiger partial charge in [0, 0.05) is 18.3 Å². The van der Waals surface area contributed by atoms with Crippen molar-refractivity contribution >= 4 is 29.3 Å². The highest BCUT2D eigenvalue weighted by Crippen LogP contribution is 2.26. The molecule has 2 amide bonds. The Morgan fingerprint density at radius 3 is 2.32 bits per heavy atom. The van der Waals surface area contributed by atoms with E-state index >= 15 is 0 Å². The summed E-state index contributed by atoms with van der Waals surface area (Å²) in [4.78, 5) is 25.4. The van der Waals surface area contributed by atoms with Crippen LogP contribution < -0.4 is 10.6 Å². The number of aryl methyl sites for hydroxylation is 1. The second-order valence-electron chi connectivity index (χ2n) is 9.04. The molecular formula is C26H33N5O2S. The Bertz CT molecular complexity index is 1140. The Hall–Kier alpha value is -3.13. The van der Waals surface area contributed by atoms with Crippen LogP contribution in [0.4, 0.5) is 5.69 Å². The fourth-order valence-corrected chi connectivity index (χ4v) is 4.33. The van der Waals surface area contributed by atoms with Crippen LogP contribution >= 0.6 is 11.8 Å². The Morgan fingerprint density at radius 2 is 1.68 bits per heavy atom. The zero-order chi connectivity index (χ0) is 24.8. The topological polar surface area (TPSA) is 88.9 Å². The molecule has 1 aromatic heterocycles. The summed E-state index contributed by atoms with van der Waals surface area (Å²) in [6.45, 7) is 10.2. The van der Waals surface area contributed by atoms with Gasteiger partial charge in [-0.3, -0.25) is 9.59 Å². The van der Waals surface area contributed by atoms with Gasteiger partial charge < -0.3 is 15.2 Å². The third-order valence-corrected chi connectivity index (χ3v) is 6.62. The van der Waals surface area contributed by atoms with E-state index in [0.29, 0.717) is 22.5 Å². The first-order valence-corrected chi connectivity index (χ1v) is 12.4. The molecule has 7 nitrogen and oxygen atoms in total. The molecule has 2 aromatic carbocycles. The van der Waals surface area contributed by atoms with Crippen molar-refractivity contribution in [1.29, 1.82) is 0 Å². The predicted molar refractivity (Wildman–Crippen MR) is 137 cm³/mol. The molecule has 0 aliphatic carbocycles. The van der Waals surface area contributed by atoms with Gasteiger partial charge in [0.15, 0.2) is 11.0 Å². The number of nitrogens with zero attached hydrogens (tertiary/aromatic N) is 3. The molecule has 34 heavy (non-hydrogen) atoms. The van der Waals surface area contributed by atoms with Gasteiger partial charge in [-0.15, -0.1) is 10.2 Å². The number of rotatable bonds is 9. The van der Waals surface area contributed by atoms with E-state index < -0.39 is 0 Å². The van der Waals surface area contributed by atoms with E-state index in [1.807, 2.05) is 80.9 Å². The number of amides is 2. The van der Waals surface area contributed by atoms with Gasteiger partial charge in [0.25, 0.3) is 5.91 Å². The molecule has 0 spiro atoms. The zero-order valence-electron chi connectivity index (χ0n) is 20.6. The number of benzene rings is 2. The molecule has 2 N–H and O–H groups in total. The highest BCUT2D eigenvalue weighted by Gasteiger charge is 2.25. The lowest BCUT2D eigenvalue weighted by molar-refractivity contribution is -0.113. The number of anilines is 1. The molecule has 0 radical (unpaired) electrons. The summed E-state index contributed by atoms with van der Waals surface area (Å²) in [7, 11) is 1.86. The Kier molecular flexibility index (Phi) is 8.50. The van der Waals surface area contributed by atoms with Gasteiger partial charge in [-0.25, -0.2) is 0 Å². The summed E-state index contributed by atoms with van der Waals surface area (Å²) in [5, 5.41) is 15.3. The van der Waals surface area contributed by atoms with E-state index in [1.165, 1.54) is 11.8 Å². The predicted octanol–water partition coefficient (Wildman–Crippen LogP) is 5.10. The lowest BCUT2D eigenvalue weighted by Gasteiger charge is -2.21. The highest BCUT2D eigenvalue weighted by molar-refractivity contribution is 7.99. The minimum Gasteiger partial charge on any atom is -0.342 e. The van der Waals surface area contributed by atoms with Crippen LogP contribution in [0.5, 0.6) is 0 Å². The monoisotopic (exact) mass is 479 g/mol. The average Bonchev–Trinajstić information content (AvgIpc) is 3.16. The van der Waals surface area contributed by atoms with Crippen molar-refractivity contribution in [3.63, 3.8) is 0 Å². The van der Waals surface area contributed by atoms with Crippen LogP contribution in [0.3, 0.4) is 0 Å². The summed E-state index contributed by atoms with van der Waals surface area (Å²) in [5.41, 5.74) is 3.64. The minimum absolute atomic E-state index is 0.101. The average molecular weight is 480 g/mol. The standard InChI is InChI=1S/C26H33N5O2S/c1-16(2)20-9-7-8-10-21(20)27-22(32)15-34-26-30-29-24(31(26)6)23(17(3)4)28-25(33)19-13-11-18(5)12-14-19/h7-14,16-17,23H,15H2,1-6H3,(H,27,32)(H,28,33)/t23-/m0/s1. The van der Waals surface area contributed by atoms with E-state index in [2.05, 4.69) is 34.7 Å². The number of thioether (sulfide) groups is 1. The summed E-state index contributed by atoms with van der Waals surface area (Å²) in [6.07, 6.45) is 0. The van der Waals surface area contributed by atoms with Crippen LogP contribution in [0.2, 0.25) is 0 Å². The van der Waals surface area contributed by atoms with Crippen LogP contribution in [-0.2, 0) is 11.8 Å². The lowest BCUT2D eigenvalue weighted by Crippen LogP contribution is -2.33. The maximum absolute atomic E-state index is 12.8. The van der Waals surface area contributed by atoms with Crippen molar-refractivity contribution in [1.82, 2.24) is 20.1 Å². The highest BCUT2D eigenvalue weighted by atomic mass is 32.2. The summed E-state index contributed by atoms with van der Waals surface area (Å²) >= 11 is 1.32. The molecule has 1 atom stereocenters. The number of hydrogen-bond acceptors (Lipinski definition) is 5. The first-order chi connectivity index (χ1) is 16.2. The molecule has 1 heterocycles. The minimum atomic E-state index is -0.313. The Labute approximate surface area is 205 Å². The van der Waals surface area contributed by atoms with E-state index in [0.717, 1.165) is 16.8 Å². The van der Waals surface area contributed by atoms with Gasteiger partial charge in [-0.05, 0) is 42.5 Å². The normalized spacial score (nSPS) is 12.1. The SMILES string of the molecule is Cc1ccc(C(=O)N[C@H](c2nnc(SCC(=O)Nc3ccccc3C(C)C)n2C)C(C)C)cc1. The van der Waals surface area contributed by atoms with Gasteiger partial charge in [0.2, 0.25) is 5.91 Å². The molecule has 3 aromatic rings. The summed E-state index contributed by atoms with van der Waals surface area (Å²) in [6, 6.07) is 15.0. The molecular weight excluding hydrogens is 446 g/mol. The van der Waals surface area contributed by atoms with Gasteiger partial charge in [0.05, 0.1) is 11.8 Å². The summed E-state index contributed by atoms with van der Waals surface area (Å²) in [5.74, 6) is 1.03. The van der Waals surface area contributed by atoms with E-state index in [4.69, 9.17) is 0 Å². The molecule has 0 unspecified atom stereocenters. The van der Waals surface area contributed by atoms with Crippen LogP contribution in [0.15, 0.2) is 53.7 Å². The maximum atomic E-state index is 12.8. The van der Waals surface area contributed by atoms with E-state index in [-0.39, 0.29) is 29.5 Å². The number of carbonyl (C=O) groups is 2. The number of carbonyl (C=O) groups excluding carboxylic acids is 2. The lowest BCUT2D eigenvalue weighted by atomic mass is 10.0. The summed E-state index contributed by atoms with van der Waals surface area (Å²) < 4.78 is 1.85. The maximum Gasteiger partial charge on any atom is 0.251 e. The fraction of sp³-hybridized carbons (Fsp3) is 0.385. The molecule has 0 aliphatic rings. The van der Waals surface area contributed by atoms with Crippen molar-refractivity contribution in [2.75, 3.05) is 11.1 Å². The molecule has 0 aliphatic heterocycles. The Balaban J connectivity index is 1.67. The quantitative estimate of drug-likeness (QED) is 0.417. The fourth-order valence-electron chi connectivity index (χ4n) is 3.61. The first-order valence-electron chi connectivity index (χ1n) is 11.5. The first kappa shape index (κ1) is 25.5. The molecule has 8 heteroatoms. The third-order valence-electron chi connectivity index (χ3n) is 5.60. The van der Waals surface area contributed by atoms with Gasteiger partial charge >= 0.3 is 0 Å². The van der Waals surface area contributed by atoms with Gasteiger partial charge in [-0.1, -0.05) is 75.4 Å². The van der Waals surface area contributed by atoms with Crippen molar-refractivity contribution in [2.45, 2.75) is 51.7 Å². The second-order valence-corrected chi connectivity index (χ2v) is 9.98. The molecule has 3 rings (SSSR count). The van der Waals surface area contributed by atoms with Crippen molar-refractivity contribution < 1.29 is 9.59 Å². The van der Waals surface area contributed by atoms with Gasteiger partial charge in [0.1, 0.15) is 0 Å². The zero-order valence-corrected chi connectivity index (χ0v) is 21.4. The van der Waals surface area contributed by atoms with Crippen molar-refractivity contribution in [3.05, 3.63) is 71.0 Å². The molecule has 0 fully saturated rings. The Morgan fingerprint density at radius 1 is 1.00 bits per heavy atom. The number of aromatic nitrogens is 3. The molecule has 0 bridgehead atoms. The van der Waals surface area contributed by atoms with Crippen molar-refractivity contribution in [2.24, 2.45) is 13.0 Å². The number of para-hydroxylation sites is 1. The molecule has 0 saturated heterocycles. The molecule has 180 valence electrons. The van der Waals surface area contributed by atoms with Crippen LogP contribution in [0.1, 0.15) is 67.0 Å². The second kappa shape index (κ2) is 11.3. The number of hydrogen-bond donors (Lipinski definition) is 2. The van der Waals surface area contributed by atoms with E-state index in [1.54, 1.807) is 0 Å². The van der Waals surface area contributed by atoms with Crippen LogP contribution in [-0.4, -0.2) is 32.3 Å².